The second kappa shape index (κ2) is 14.8. The number of likely N-dealkylation sites (tertiary alicyclic amines) is 1. The first-order valence-corrected chi connectivity index (χ1v) is 15.1. The molecule has 0 spiro atoms. The lowest BCUT2D eigenvalue weighted by atomic mass is 9.95. The van der Waals surface area contributed by atoms with Gasteiger partial charge < -0.3 is 21.7 Å². The number of piperidine rings is 1. The van der Waals surface area contributed by atoms with Crippen molar-refractivity contribution >= 4 is 57.2 Å². The zero-order valence-corrected chi connectivity index (χ0v) is 24.8. The Hall–Kier alpha value is -2.88. The van der Waals surface area contributed by atoms with E-state index in [1.807, 2.05) is 5.38 Å². The molecule has 2 heterocycles. The summed E-state index contributed by atoms with van der Waals surface area (Å²) in [6.07, 6.45) is -4.56. The summed E-state index contributed by atoms with van der Waals surface area (Å²) in [5.74, 6) is -2.72. The first kappa shape index (κ1) is 34.3. The zero-order valence-electron chi connectivity index (χ0n) is 22.3. The van der Waals surface area contributed by atoms with Gasteiger partial charge in [0.2, 0.25) is 21.8 Å². The Morgan fingerprint density at radius 3 is 2.41 bits per heavy atom. The minimum Gasteiger partial charge on any atom is -0.370 e. The van der Waals surface area contributed by atoms with E-state index in [1.165, 1.54) is 28.4 Å². The second-order valence-corrected chi connectivity index (χ2v) is 12.0. The highest BCUT2D eigenvalue weighted by Gasteiger charge is 2.42. The van der Waals surface area contributed by atoms with Gasteiger partial charge in [0.25, 0.3) is 0 Å². The number of hydrogen-bond donors (Lipinski definition) is 4. The van der Waals surface area contributed by atoms with E-state index in [-0.39, 0.29) is 80.7 Å². The van der Waals surface area contributed by atoms with Crippen LogP contribution in [0.25, 0.3) is 10.4 Å². The number of aliphatic imine (C=N–C) groups is 1. The lowest BCUT2D eigenvalue weighted by Crippen LogP contribution is -2.51. The lowest BCUT2D eigenvalue weighted by molar-refractivity contribution is -0.186. The number of amides is 2. The maximum absolute atomic E-state index is 13.7. The standard InChI is InChI=1S/C25H33F3N6O4S2.ClH/c1-2-21(35)32-22-17(19-8-5-15-39-19)6-3-9-20(22)40(37,38)33-18(7-4-12-31-24(29)30)23(36)34-13-10-16(11-14-34)25(26,27)28;/h3,5-6,8-9,15-16,18,33H,2,4,7,10-14H2,1H3,(H,32,35)(H4,29,30,31);1H. The Balaban J connectivity index is 0.00000588. The van der Waals surface area contributed by atoms with Crippen LogP contribution in [0.1, 0.15) is 39.0 Å². The van der Waals surface area contributed by atoms with Crippen LogP contribution in [0.4, 0.5) is 18.9 Å². The zero-order chi connectivity index (χ0) is 29.5. The minimum absolute atomic E-state index is 0. The number of nitrogens with zero attached hydrogens (tertiary/aromatic N) is 2. The SMILES string of the molecule is CCC(=O)Nc1c(-c2cccs2)cccc1S(=O)(=O)NC(CCCN=C(N)N)C(=O)N1CCC(C(F)(F)F)CC1.Cl. The summed E-state index contributed by atoms with van der Waals surface area (Å²) in [6.45, 7) is 1.44. The van der Waals surface area contributed by atoms with Crippen molar-refractivity contribution < 1.29 is 31.2 Å². The molecule has 1 atom stereocenters. The Bertz CT molecular complexity index is 1310. The van der Waals surface area contributed by atoms with Crippen molar-refractivity contribution in [1.29, 1.82) is 0 Å². The monoisotopic (exact) mass is 638 g/mol. The summed E-state index contributed by atoms with van der Waals surface area (Å²) in [6, 6.07) is 6.81. The molecule has 1 aliphatic heterocycles. The fourth-order valence-corrected chi connectivity index (χ4v) is 6.55. The average molecular weight is 639 g/mol. The first-order valence-electron chi connectivity index (χ1n) is 12.7. The summed E-state index contributed by atoms with van der Waals surface area (Å²) >= 11 is 1.36. The molecule has 2 amide bonds. The number of halogens is 4. The van der Waals surface area contributed by atoms with Crippen molar-refractivity contribution in [2.45, 2.75) is 56.1 Å². The average Bonchev–Trinajstić information content (AvgIpc) is 3.44. The van der Waals surface area contributed by atoms with Gasteiger partial charge in [0, 0.05) is 36.5 Å². The molecule has 10 nitrogen and oxygen atoms in total. The first-order chi connectivity index (χ1) is 18.8. The van der Waals surface area contributed by atoms with E-state index in [2.05, 4.69) is 15.0 Å². The van der Waals surface area contributed by atoms with Gasteiger partial charge in [-0.05, 0) is 43.2 Å². The normalized spacial score (nSPS) is 15.1. The van der Waals surface area contributed by atoms with E-state index < -0.39 is 40.0 Å². The number of thiophene rings is 1. The number of alkyl halides is 3. The van der Waals surface area contributed by atoms with Crippen molar-refractivity contribution in [3.05, 3.63) is 35.7 Å². The van der Waals surface area contributed by atoms with Crippen LogP contribution < -0.4 is 21.5 Å². The predicted octanol–water partition coefficient (Wildman–Crippen LogP) is 3.69. The Labute approximate surface area is 247 Å². The number of rotatable bonds is 11. The molecule has 1 aromatic heterocycles. The molecule has 41 heavy (non-hydrogen) atoms. The van der Waals surface area contributed by atoms with Gasteiger partial charge >= 0.3 is 6.18 Å². The minimum atomic E-state index is -4.40. The van der Waals surface area contributed by atoms with Crippen LogP contribution in [0, 0.1) is 5.92 Å². The number of carbonyl (C=O) groups excluding carboxylic acids is 2. The molecule has 0 radical (unpaired) electrons. The molecule has 1 aliphatic rings. The Morgan fingerprint density at radius 1 is 1.17 bits per heavy atom. The van der Waals surface area contributed by atoms with Crippen LogP contribution in [-0.4, -0.2) is 62.9 Å². The number of hydrogen-bond acceptors (Lipinski definition) is 6. The number of nitrogens with one attached hydrogen (secondary N) is 2. The van der Waals surface area contributed by atoms with Crippen molar-refractivity contribution in [3.8, 4) is 10.4 Å². The Kier molecular flexibility index (Phi) is 12.4. The van der Waals surface area contributed by atoms with Crippen LogP contribution in [0.15, 0.2) is 45.6 Å². The van der Waals surface area contributed by atoms with Crippen LogP contribution in [-0.2, 0) is 19.6 Å². The van der Waals surface area contributed by atoms with Crippen LogP contribution in [0.2, 0.25) is 0 Å². The van der Waals surface area contributed by atoms with E-state index in [1.54, 1.807) is 25.1 Å². The fourth-order valence-electron chi connectivity index (χ4n) is 4.38. The number of benzene rings is 1. The molecule has 6 N–H and O–H groups in total. The molecule has 0 saturated carbocycles. The summed E-state index contributed by atoms with van der Waals surface area (Å²) < 4.78 is 69.3. The van der Waals surface area contributed by atoms with E-state index >= 15 is 0 Å². The number of para-hydroxylation sites is 1. The van der Waals surface area contributed by atoms with E-state index in [0.29, 0.717) is 5.56 Å². The summed E-state index contributed by atoms with van der Waals surface area (Å²) in [4.78, 5) is 31.4. The summed E-state index contributed by atoms with van der Waals surface area (Å²) in [5, 5.41) is 4.49. The highest BCUT2D eigenvalue weighted by molar-refractivity contribution is 7.89. The quantitative estimate of drug-likeness (QED) is 0.167. The molecule has 0 bridgehead atoms. The van der Waals surface area contributed by atoms with Crippen molar-refractivity contribution in [3.63, 3.8) is 0 Å². The summed E-state index contributed by atoms with van der Waals surface area (Å²) in [7, 11) is -4.40. The number of carbonyl (C=O) groups is 2. The maximum Gasteiger partial charge on any atom is 0.391 e. The number of nitrogens with two attached hydrogens (primary N) is 2. The van der Waals surface area contributed by atoms with Gasteiger partial charge in [-0.3, -0.25) is 14.6 Å². The van der Waals surface area contributed by atoms with E-state index in [0.717, 1.165) is 4.88 Å². The summed E-state index contributed by atoms with van der Waals surface area (Å²) in [5.41, 5.74) is 11.3. The molecule has 0 aliphatic carbocycles. The van der Waals surface area contributed by atoms with Crippen LogP contribution >= 0.6 is 23.7 Å². The molecule has 1 aromatic carbocycles. The molecule has 1 unspecified atom stereocenters. The van der Waals surface area contributed by atoms with Crippen LogP contribution in [0.5, 0.6) is 0 Å². The molecule has 16 heteroatoms. The highest BCUT2D eigenvalue weighted by Crippen LogP contribution is 2.37. The number of sulfonamides is 1. The third-order valence-electron chi connectivity index (χ3n) is 6.50. The highest BCUT2D eigenvalue weighted by atomic mass is 35.5. The van der Waals surface area contributed by atoms with Gasteiger partial charge in [-0.15, -0.1) is 23.7 Å². The fraction of sp³-hybridized carbons (Fsp3) is 0.480. The van der Waals surface area contributed by atoms with Gasteiger partial charge in [-0.25, -0.2) is 8.42 Å². The molecule has 3 rings (SSSR count). The molecular weight excluding hydrogens is 605 g/mol. The van der Waals surface area contributed by atoms with Gasteiger partial charge in [0.15, 0.2) is 5.96 Å². The smallest absolute Gasteiger partial charge is 0.370 e. The Morgan fingerprint density at radius 2 is 1.85 bits per heavy atom. The van der Waals surface area contributed by atoms with E-state index in [9.17, 15) is 31.2 Å². The lowest BCUT2D eigenvalue weighted by Gasteiger charge is -2.35. The van der Waals surface area contributed by atoms with Crippen molar-refractivity contribution in [2.24, 2.45) is 22.4 Å². The number of anilines is 1. The molecule has 1 saturated heterocycles. The second-order valence-electron chi connectivity index (χ2n) is 9.32. The van der Waals surface area contributed by atoms with Gasteiger partial charge in [-0.1, -0.05) is 25.1 Å². The maximum atomic E-state index is 13.7. The third-order valence-corrected chi connectivity index (χ3v) is 8.92. The molecule has 2 aromatic rings. The molecule has 228 valence electrons. The topological polar surface area (TPSA) is 160 Å². The number of guanidine groups is 1. The van der Waals surface area contributed by atoms with E-state index in [4.69, 9.17) is 11.5 Å². The van der Waals surface area contributed by atoms with Crippen molar-refractivity contribution in [1.82, 2.24) is 9.62 Å². The van der Waals surface area contributed by atoms with Crippen LogP contribution in [0.3, 0.4) is 0 Å². The van der Waals surface area contributed by atoms with Gasteiger partial charge in [0.05, 0.1) is 11.6 Å². The largest absolute Gasteiger partial charge is 0.391 e. The third kappa shape index (κ3) is 9.31. The molecule has 1 fully saturated rings. The van der Waals surface area contributed by atoms with Gasteiger partial charge in [0.1, 0.15) is 10.9 Å². The molecular formula is C25H34ClF3N6O4S2. The predicted molar refractivity (Wildman–Crippen MR) is 155 cm³/mol. The van der Waals surface area contributed by atoms with Gasteiger partial charge in [-0.2, -0.15) is 17.9 Å². The van der Waals surface area contributed by atoms with Crippen molar-refractivity contribution in [2.75, 3.05) is 25.0 Å².